The zero-order valence-corrected chi connectivity index (χ0v) is 11.1. The van der Waals surface area contributed by atoms with E-state index >= 15 is 0 Å². The van der Waals surface area contributed by atoms with Crippen LogP contribution in [0.2, 0.25) is 0 Å². The van der Waals surface area contributed by atoms with E-state index in [-0.39, 0.29) is 0 Å². The number of hydrogen-bond donors (Lipinski definition) is 1. The van der Waals surface area contributed by atoms with E-state index < -0.39 is 0 Å². The summed E-state index contributed by atoms with van der Waals surface area (Å²) in [5.41, 5.74) is 4.15. The average molecular weight is 254 g/mol. The number of nitrogens with one attached hydrogen (secondary N) is 1. The van der Waals surface area contributed by atoms with Crippen molar-refractivity contribution in [2.75, 3.05) is 20.2 Å². The second-order valence-corrected chi connectivity index (χ2v) is 6.39. The molecule has 0 amide bonds. The standard InChI is InChI=1S/C16H18N2O/c1-18-7-10-8-19-16-11-3-2-4-12-14(11)9(6-17-12)5-13(18)15(10)16/h2-4,6,10,13,15-17H,5,7-8H2,1H3/t10-,13-,15?,16-/m1/s1. The van der Waals surface area contributed by atoms with E-state index in [0.29, 0.717) is 18.1 Å². The average Bonchev–Trinajstić information content (AvgIpc) is 3.03. The molecule has 3 nitrogen and oxygen atoms in total. The van der Waals surface area contributed by atoms with Crippen molar-refractivity contribution in [3.8, 4) is 0 Å². The normalized spacial score (nSPS) is 36.7. The molecular weight excluding hydrogens is 236 g/mol. The molecule has 1 aromatic heterocycles. The Balaban J connectivity index is 1.80. The van der Waals surface area contributed by atoms with Gasteiger partial charge < -0.3 is 14.6 Å². The van der Waals surface area contributed by atoms with Crippen molar-refractivity contribution >= 4 is 10.9 Å². The molecule has 98 valence electrons. The fraction of sp³-hybridized carbons (Fsp3) is 0.500. The summed E-state index contributed by atoms with van der Waals surface area (Å²) in [7, 11) is 2.28. The first-order chi connectivity index (χ1) is 9.33. The van der Waals surface area contributed by atoms with Crippen LogP contribution in [0.1, 0.15) is 17.2 Å². The summed E-state index contributed by atoms with van der Waals surface area (Å²) in [4.78, 5) is 5.98. The van der Waals surface area contributed by atoms with Crippen molar-refractivity contribution < 1.29 is 4.74 Å². The quantitative estimate of drug-likeness (QED) is 0.781. The van der Waals surface area contributed by atoms with Crippen LogP contribution in [-0.4, -0.2) is 36.1 Å². The fourth-order valence-electron chi connectivity index (χ4n) is 4.68. The molecule has 2 fully saturated rings. The number of aromatic amines is 1. The summed E-state index contributed by atoms with van der Waals surface area (Å²) in [6.07, 6.45) is 3.67. The van der Waals surface area contributed by atoms with E-state index in [1.165, 1.54) is 28.6 Å². The van der Waals surface area contributed by atoms with Gasteiger partial charge in [-0.15, -0.1) is 0 Å². The Morgan fingerprint density at radius 2 is 2.32 bits per heavy atom. The maximum atomic E-state index is 6.20. The largest absolute Gasteiger partial charge is 0.373 e. The Kier molecular flexibility index (Phi) is 1.88. The third kappa shape index (κ3) is 1.20. The van der Waals surface area contributed by atoms with Crippen LogP contribution in [0, 0.1) is 11.8 Å². The first kappa shape index (κ1) is 10.5. The van der Waals surface area contributed by atoms with Crippen LogP contribution in [0.25, 0.3) is 10.9 Å². The van der Waals surface area contributed by atoms with Gasteiger partial charge >= 0.3 is 0 Å². The molecule has 1 unspecified atom stereocenters. The monoisotopic (exact) mass is 254 g/mol. The Hall–Kier alpha value is -1.32. The molecule has 4 atom stereocenters. The smallest absolute Gasteiger partial charge is 0.0878 e. The van der Waals surface area contributed by atoms with Gasteiger partial charge in [0.05, 0.1) is 12.7 Å². The molecule has 3 aliphatic rings. The predicted octanol–water partition coefficient (Wildman–Crippen LogP) is 2.34. The zero-order chi connectivity index (χ0) is 12.6. The third-order valence-electron chi connectivity index (χ3n) is 5.47. The molecular formula is C16H18N2O. The Bertz CT molecular complexity index is 662. The Morgan fingerprint density at radius 1 is 1.37 bits per heavy atom. The van der Waals surface area contributed by atoms with Crippen LogP contribution in [0.4, 0.5) is 0 Å². The third-order valence-corrected chi connectivity index (χ3v) is 5.47. The van der Waals surface area contributed by atoms with E-state index in [0.717, 1.165) is 18.9 Å². The van der Waals surface area contributed by atoms with Gasteiger partial charge in [-0.1, -0.05) is 12.1 Å². The van der Waals surface area contributed by atoms with Gasteiger partial charge in [-0.05, 0) is 30.7 Å². The molecule has 2 aliphatic heterocycles. The number of nitrogens with zero attached hydrogens (tertiary/aromatic N) is 1. The number of likely N-dealkylation sites (tertiary alicyclic amines) is 1. The Morgan fingerprint density at radius 3 is 3.26 bits per heavy atom. The lowest BCUT2D eigenvalue weighted by Crippen LogP contribution is -2.32. The van der Waals surface area contributed by atoms with Gasteiger partial charge in [-0.2, -0.15) is 0 Å². The molecule has 2 aromatic rings. The topological polar surface area (TPSA) is 28.3 Å². The van der Waals surface area contributed by atoms with Crippen LogP contribution in [0.3, 0.4) is 0 Å². The summed E-state index contributed by atoms with van der Waals surface area (Å²) < 4.78 is 6.20. The maximum Gasteiger partial charge on any atom is 0.0878 e. The van der Waals surface area contributed by atoms with E-state index in [2.05, 4.69) is 41.3 Å². The van der Waals surface area contributed by atoms with Crippen molar-refractivity contribution in [1.82, 2.24) is 9.88 Å². The summed E-state index contributed by atoms with van der Waals surface area (Å²) in [5.74, 6) is 1.41. The number of likely N-dealkylation sites (N-methyl/N-ethyl adjacent to an activating group) is 1. The number of benzene rings is 1. The van der Waals surface area contributed by atoms with Crippen molar-refractivity contribution in [1.29, 1.82) is 0 Å². The lowest BCUT2D eigenvalue weighted by Gasteiger charge is -2.26. The van der Waals surface area contributed by atoms with Gasteiger partial charge in [0.25, 0.3) is 0 Å². The van der Waals surface area contributed by atoms with Crippen molar-refractivity contribution in [3.63, 3.8) is 0 Å². The number of rotatable bonds is 0. The molecule has 0 spiro atoms. The molecule has 3 heterocycles. The lowest BCUT2D eigenvalue weighted by atomic mass is 9.85. The van der Waals surface area contributed by atoms with Gasteiger partial charge in [-0.25, -0.2) is 0 Å². The van der Waals surface area contributed by atoms with Crippen molar-refractivity contribution in [2.24, 2.45) is 11.8 Å². The SMILES string of the molecule is CN1C[C@@H]2CO[C@@H]3c4cccc5[nH]cc(c45)C[C@@H]1C23. The summed E-state index contributed by atoms with van der Waals surface area (Å²) >= 11 is 0. The molecule has 5 rings (SSSR count). The first-order valence-electron chi connectivity index (χ1n) is 7.23. The van der Waals surface area contributed by atoms with Gasteiger partial charge in [-0.3, -0.25) is 0 Å². The van der Waals surface area contributed by atoms with Crippen LogP contribution in [0.15, 0.2) is 24.4 Å². The highest BCUT2D eigenvalue weighted by atomic mass is 16.5. The molecule has 3 heteroatoms. The molecule has 0 saturated carbocycles. The van der Waals surface area contributed by atoms with Gasteiger partial charge in [0.1, 0.15) is 0 Å². The second-order valence-electron chi connectivity index (χ2n) is 6.39. The maximum absolute atomic E-state index is 6.20. The fourth-order valence-corrected chi connectivity index (χ4v) is 4.68. The van der Waals surface area contributed by atoms with Crippen LogP contribution in [-0.2, 0) is 11.2 Å². The van der Waals surface area contributed by atoms with Crippen molar-refractivity contribution in [3.05, 3.63) is 35.5 Å². The molecule has 0 bridgehead atoms. The number of ether oxygens (including phenoxy) is 1. The first-order valence-corrected chi connectivity index (χ1v) is 7.23. The number of aromatic nitrogens is 1. The van der Waals surface area contributed by atoms with Crippen LogP contribution >= 0.6 is 0 Å². The summed E-state index contributed by atoms with van der Waals surface area (Å²) in [6.45, 7) is 2.13. The lowest BCUT2D eigenvalue weighted by molar-refractivity contribution is 0.0642. The van der Waals surface area contributed by atoms with Crippen molar-refractivity contribution in [2.45, 2.75) is 18.6 Å². The molecule has 1 N–H and O–H groups in total. The molecule has 1 aromatic carbocycles. The summed E-state index contributed by atoms with van der Waals surface area (Å²) in [5, 5.41) is 1.43. The molecule has 2 saturated heterocycles. The molecule has 0 radical (unpaired) electrons. The van der Waals surface area contributed by atoms with Crippen LogP contribution < -0.4 is 0 Å². The minimum atomic E-state index is 0.306. The van der Waals surface area contributed by atoms with Gasteiger partial charge in [0.15, 0.2) is 0 Å². The zero-order valence-electron chi connectivity index (χ0n) is 11.1. The molecule has 1 aliphatic carbocycles. The van der Waals surface area contributed by atoms with Crippen LogP contribution in [0.5, 0.6) is 0 Å². The predicted molar refractivity (Wildman–Crippen MR) is 74.1 cm³/mol. The van der Waals surface area contributed by atoms with E-state index in [9.17, 15) is 0 Å². The van der Waals surface area contributed by atoms with E-state index in [1.807, 2.05) is 0 Å². The highest BCUT2D eigenvalue weighted by molar-refractivity contribution is 5.87. The minimum Gasteiger partial charge on any atom is -0.373 e. The summed E-state index contributed by atoms with van der Waals surface area (Å²) in [6, 6.07) is 7.25. The highest BCUT2D eigenvalue weighted by Crippen LogP contribution is 2.50. The van der Waals surface area contributed by atoms with E-state index in [4.69, 9.17) is 4.74 Å². The van der Waals surface area contributed by atoms with Gasteiger partial charge in [0, 0.05) is 41.5 Å². The highest BCUT2D eigenvalue weighted by Gasteiger charge is 2.51. The Labute approximate surface area is 112 Å². The minimum absolute atomic E-state index is 0.306. The van der Waals surface area contributed by atoms with E-state index in [1.54, 1.807) is 0 Å². The number of fused-ring (bicyclic) bond motifs is 1. The number of H-pyrrole nitrogens is 1. The van der Waals surface area contributed by atoms with Gasteiger partial charge in [0.2, 0.25) is 0 Å². The molecule has 19 heavy (non-hydrogen) atoms. The second kappa shape index (κ2) is 3.41. The number of hydrogen-bond acceptors (Lipinski definition) is 2.